The Balaban J connectivity index is 1.54. The van der Waals surface area contributed by atoms with Crippen LogP contribution in [0.25, 0.3) is 0 Å². The van der Waals surface area contributed by atoms with Crippen molar-refractivity contribution >= 4 is 5.69 Å². The Hall–Kier alpha value is -2.90. The van der Waals surface area contributed by atoms with E-state index in [1.54, 1.807) is 25.3 Å². The normalized spacial score (nSPS) is 39.3. The van der Waals surface area contributed by atoms with E-state index in [-0.39, 0.29) is 45.3 Å². The van der Waals surface area contributed by atoms with Crippen LogP contribution in [0.3, 0.4) is 0 Å². The van der Waals surface area contributed by atoms with Gasteiger partial charge in [0, 0.05) is 41.7 Å². The van der Waals surface area contributed by atoms with Crippen LogP contribution < -0.4 is 4.74 Å². The number of hydrogen-bond donors (Lipinski definition) is 1. The quantitative estimate of drug-likeness (QED) is 0.440. The van der Waals surface area contributed by atoms with Crippen molar-refractivity contribution < 1.29 is 19.5 Å². The molecule has 2 aliphatic heterocycles. The first-order valence-corrected chi connectivity index (χ1v) is 11.6. The van der Waals surface area contributed by atoms with E-state index < -0.39 is 5.60 Å². The van der Waals surface area contributed by atoms with Crippen molar-refractivity contribution in [3.63, 3.8) is 0 Å². The third kappa shape index (κ3) is 1.93. The van der Waals surface area contributed by atoms with Gasteiger partial charge in [0.15, 0.2) is 11.5 Å². The molecule has 2 spiro atoms. The molecule has 0 amide bonds. The maximum absolute atomic E-state index is 12.0. The number of ether oxygens (including phenoxy) is 2. The third-order valence-corrected chi connectivity index (χ3v) is 9.58. The van der Waals surface area contributed by atoms with Gasteiger partial charge in [0.1, 0.15) is 11.7 Å². The summed E-state index contributed by atoms with van der Waals surface area (Å²) in [5.41, 5.74) is 1.75. The molecule has 2 aromatic rings. The van der Waals surface area contributed by atoms with E-state index in [1.807, 2.05) is 18.2 Å². The maximum Gasteiger partial charge on any atom is 0.272 e. The standard InChI is InChI=1S/C26H26N2O5/c1-27-12-11-25-21-15-7-8-19(29)22(21)33-23(25)26(32-2)10-9-24(25,20(27)13-15)14-17(26)16-5-3-4-6-18(16)28(30)31/h3-10,17,20,23,29H,11-14H2,1-2H3/t17?,20-,23-,24+,25+,26+/m1/s1. The molecule has 2 heterocycles. The molecule has 33 heavy (non-hydrogen) atoms. The minimum absolute atomic E-state index is 0.124. The van der Waals surface area contributed by atoms with Gasteiger partial charge >= 0.3 is 0 Å². The Morgan fingerprint density at radius 1 is 1.24 bits per heavy atom. The number of nitro benzene ring substituents is 1. The van der Waals surface area contributed by atoms with E-state index >= 15 is 0 Å². The second-order valence-corrected chi connectivity index (χ2v) is 10.4. The summed E-state index contributed by atoms with van der Waals surface area (Å²) in [6, 6.07) is 11.1. The number of fused-ring (bicyclic) bond motifs is 1. The van der Waals surface area contributed by atoms with Crippen LogP contribution in [0, 0.1) is 15.5 Å². The van der Waals surface area contributed by atoms with Crippen LogP contribution in [0.4, 0.5) is 5.69 Å². The summed E-state index contributed by atoms with van der Waals surface area (Å²) in [7, 11) is 3.87. The number of piperidine rings is 1. The zero-order chi connectivity index (χ0) is 22.8. The number of likely N-dealkylation sites (N-methyl/N-ethyl adjacent to an activating group) is 1. The summed E-state index contributed by atoms with van der Waals surface area (Å²) in [6.07, 6.45) is 6.60. The lowest BCUT2D eigenvalue weighted by Gasteiger charge is -2.71. The molecule has 7 nitrogen and oxygen atoms in total. The molecule has 4 bridgehead atoms. The van der Waals surface area contributed by atoms with Crippen LogP contribution in [-0.4, -0.2) is 53.4 Å². The fraction of sp³-hybridized carbons (Fsp3) is 0.462. The van der Waals surface area contributed by atoms with E-state index in [4.69, 9.17) is 9.47 Å². The zero-order valence-corrected chi connectivity index (χ0v) is 18.7. The van der Waals surface area contributed by atoms with Crippen molar-refractivity contribution in [3.05, 3.63) is 75.4 Å². The summed E-state index contributed by atoms with van der Waals surface area (Å²) in [4.78, 5) is 14.1. The number of para-hydroxylation sites is 1. The Morgan fingerprint density at radius 2 is 2.06 bits per heavy atom. The number of rotatable bonds is 3. The van der Waals surface area contributed by atoms with Gasteiger partial charge in [0.2, 0.25) is 0 Å². The number of methoxy groups -OCH3 is 1. The smallest absolute Gasteiger partial charge is 0.272 e. The number of hydrogen-bond acceptors (Lipinski definition) is 6. The Bertz CT molecular complexity index is 1260. The van der Waals surface area contributed by atoms with Gasteiger partial charge in [-0.2, -0.15) is 0 Å². The molecule has 1 saturated heterocycles. The molecule has 0 aromatic heterocycles. The second kappa shape index (κ2) is 5.96. The van der Waals surface area contributed by atoms with Gasteiger partial charge in [0.05, 0.1) is 10.3 Å². The molecule has 4 aliphatic carbocycles. The zero-order valence-electron chi connectivity index (χ0n) is 18.7. The number of benzene rings is 2. The lowest BCUT2D eigenvalue weighted by molar-refractivity contribution is -0.386. The molecule has 2 aromatic carbocycles. The fourth-order valence-electron chi connectivity index (χ4n) is 8.36. The number of phenolic OH excluding ortho intramolecular Hbond substituents is 1. The molecule has 1 N–H and O–H groups in total. The largest absolute Gasteiger partial charge is 0.504 e. The highest BCUT2D eigenvalue weighted by Gasteiger charge is 2.79. The number of nitro groups is 1. The van der Waals surface area contributed by atoms with Crippen molar-refractivity contribution in [3.8, 4) is 11.5 Å². The van der Waals surface area contributed by atoms with E-state index in [1.165, 1.54) is 5.56 Å². The molecule has 170 valence electrons. The minimum atomic E-state index is -0.867. The van der Waals surface area contributed by atoms with E-state index in [2.05, 4.69) is 24.1 Å². The average Bonchev–Trinajstić information content (AvgIpc) is 3.20. The molecule has 8 rings (SSSR count). The van der Waals surface area contributed by atoms with Crippen LogP contribution in [0.15, 0.2) is 48.6 Å². The highest BCUT2D eigenvalue weighted by atomic mass is 16.6. The Kier molecular flexibility index (Phi) is 3.53. The fourth-order valence-corrected chi connectivity index (χ4v) is 8.36. The van der Waals surface area contributed by atoms with Crippen molar-refractivity contribution in [2.75, 3.05) is 20.7 Å². The molecule has 1 unspecified atom stereocenters. The number of nitrogens with zero attached hydrogens (tertiary/aromatic N) is 2. The Labute approximate surface area is 191 Å². The molecule has 1 saturated carbocycles. The maximum atomic E-state index is 12.0. The van der Waals surface area contributed by atoms with Gasteiger partial charge in [-0.15, -0.1) is 0 Å². The summed E-state index contributed by atoms with van der Waals surface area (Å²) in [6.45, 7) is 0.935. The van der Waals surface area contributed by atoms with E-state index in [9.17, 15) is 15.2 Å². The topological polar surface area (TPSA) is 85.1 Å². The van der Waals surface area contributed by atoms with Crippen molar-refractivity contribution in [2.45, 2.75) is 48.3 Å². The molecular weight excluding hydrogens is 420 g/mol. The second-order valence-electron chi connectivity index (χ2n) is 10.4. The van der Waals surface area contributed by atoms with Crippen molar-refractivity contribution in [1.82, 2.24) is 4.90 Å². The van der Waals surface area contributed by atoms with Gasteiger partial charge in [-0.05, 0) is 44.5 Å². The van der Waals surface area contributed by atoms with Crippen LogP contribution in [0.1, 0.15) is 35.4 Å². The highest BCUT2D eigenvalue weighted by Crippen LogP contribution is 2.75. The Morgan fingerprint density at radius 3 is 2.85 bits per heavy atom. The first kappa shape index (κ1) is 19.6. The SMILES string of the molecule is CO[C@@]12C=C[C@]3(CC1c1ccccc1[N+](=O)[O-])[C@H]1Cc4ccc(O)c5c4[C@@]3(CCN1C)[C@H]2O5. The van der Waals surface area contributed by atoms with Crippen LogP contribution in [-0.2, 0) is 16.6 Å². The minimum Gasteiger partial charge on any atom is -0.504 e. The lowest BCUT2D eigenvalue weighted by atomic mass is 9.36. The molecule has 2 fully saturated rings. The van der Waals surface area contributed by atoms with E-state index in [0.29, 0.717) is 11.3 Å². The molecule has 6 aliphatic rings. The summed E-state index contributed by atoms with van der Waals surface area (Å²) >= 11 is 0. The van der Waals surface area contributed by atoms with Crippen molar-refractivity contribution in [1.29, 1.82) is 0 Å². The number of phenols is 1. The molecule has 6 atom stereocenters. The predicted molar refractivity (Wildman–Crippen MR) is 121 cm³/mol. The molecule has 7 heteroatoms. The average molecular weight is 447 g/mol. The van der Waals surface area contributed by atoms with Crippen LogP contribution in [0.2, 0.25) is 0 Å². The molecular formula is C26H26N2O5. The molecule has 0 radical (unpaired) electrons. The number of aromatic hydroxyl groups is 1. The number of likely N-dealkylation sites (tertiary alicyclic amines) is 1. The summed E-state index contributed by atoms with van der Waals surface area (Å²) in [5.74, 6) is 0.510. The summed E-state index contributed by atoms with van der Waals surface area (Å²) in [5, 5.41) is 22.8. The van der Waals surface area contributed by atoms with Crippen molar-refractivity contribution in [2.24, 2.45) is 5.41 Å². The van der Waals surface area contributed by atoms with Crippen LogP contribution >= 0.6 is 0 Å². The lowest BCUT2D eigenvalue weighted by Crippen LogP contribution is -2.78. The highest BCUT2D eigenvalue weighted by molar-refractivity contribution is 5.66. The van der Waals surface area contributed by atoms with Gasteiger partial charge in [-0.25, -0.2) is 0 Å². The summed E-state index contributed by atoms with van der Waals surface area (Å²) < 4.78 is 13.1. The van der Waals surface area contributed by atoms with Gasteiger partial charge in [0.25, 0.3) is 5.69 Å². The first-order chi connectivity index (χ1) is 15.9. The van der Waals surface area contributed by atoms with Gasteiger partial charge < -0.3 is 19.5 Å². The third-order valence-electron chi connectivity index (χ3n) is 9.58. The van der Waals surface area contributed by atoms with E-state index in [0.717, 1.165) is 31.4 Å². The first-order valence-electron chi connectivity index (χ1n) is 11.6. The van der Waals surface area contributed by atoms with Crippen LogP contribution in [0.5, 0.6) is 11.5 Å². The van der Waals surface area contributed by atoms with Gasteiger partial charge in [-0.3, -0.25) is 10.1 Å². The monoisotopic (exact) mass is 446 g/mol. The predicted octanol–water partition coefficient (Wildman–Crippen LogP) is 3.69. The van der Waals surface area contributed by atoms with Gasteiger partial charge in [-0.1, -0.05) is 36.4 Å².